The molecule has 1 amide bonds. The molecule has 0 spiro atoms. The lowest BCUT2D eigenvalue weighted by Gasteiger charge is -2.17. The number of benzene rings is 3. The number of methoxy groups -OCH3 is 1. The summed E-state index contributed by atoms with van der Waals surface area (Å²) >= 11 is 0. The maximum Gasteiger partial charge on any atom is 0.238 e. The van der Waals surface area contributed by atoms with Crippen molar-refractivity contribution in [2.75, 3.05) is 26.0 Å². The summed E-state index contributed by atoms with van der Waals surface area (Å²) in [5.74, 6) is 0.798. The molecular weight excluding hydrogens is 312 g/mol. The Morgan fingerprint density at radius 3 is 2.60 bits per heavy atom. The minimum absolute atomic E-state index is 0.0272. The standard InChI is InChI=1S/C21H22N2O2/c1-23(14-16-6-5-9-20(12-16)25-2)15-21(24)22-19-11-10-17-7-3-4-8-18(17)13-19/h3-13H,14-15H2,1-2H3,(H,22,24). The van der Waals surface area contributed by atoms with Crippen LogP contribution in [0.25, 0.3) is 10.8 Å². The number of fused-ring (bicyclic) bond motifs is 1. The zero-order chi connectivity index (χ0) is 17.6. The topological polar surface area (TPSA) is 41.6 Å². The van der Waals surface area contributed by atoms with Gasteiger partial charge in [0.05, 0.1) is 13.7 Å². The Morgan fingerprint density at radius 1 is 1.00 bits per heavy atom. The zero-order valence-electron chi connectivity index (χ0n) is 14.5. The molecule has 0 fully saturated rings. The van der Waals surface area contributed by atoms with Gasteiger partial charge in [-0.2, -0.15) is 0 Å². The highest BCUT2D eigenvalue weighted by Crippen LogP contribution is 2.19. The number of ether oxygens (including phenoxy) is 1. The molecule has 0 radical (unpaired) electrons. The van der Waals surface area contributed by atoms with Crippen molar-refractivity contribution in [3.05, 3.63) is 72.3 Å². The molecule has 0 heterocycles. The minimum atomic E-state index is -0.0272. The number of carbonyl (C=O) groups excluding carboxylic acids is 1. The van der Waals surface area contributed by atoms with Crippen LogP contribution in [0.4, 0.5) is 5.69 Å². The molecule has 4 heteroatoms. The van der Waals surface area contributed by atoms with Gasteiger partial charge in [0.1, 0.15) is 5.75 Å². The number of anilines is 1. The van der Waals surface area contributed by atoms with Crippen LogP contribution in [0, 0.1) is 0 Å². The molecule has 3 rings (SSSR count). The summed E-state index contributed by atoms with van der Waals surface area (Å²) in [6.07, 6.45) is 0. The van der Waals surface area contributed by atoms with Crippen LogP contribution in [0.1, 0.15) is 5.56 Å². The third kappa shape index (κ3) is 4.58. The molecule has 1 N–H and O–H groups in total. The van der Waals surface area contributed by atoms with Crippen LogP contribution in [-0.2, 0) is 11.3 Å². The molecule has 0 aliphatic rings. The quantitative estimate of drug-likeness (QED) is 0.743. The molecule has 25 heavy (non-hydrogen) atoms. The highest BCUT2D eigenvalue weighted by Gasteiger charge is 2.08. The minimum Gasteiger partial charge on any atom is -0.497 e. The fourth-order valence-corrected chi connectivity index (χ4v) is 2.85. The maximum atomic E-state index is 12.3. The third-order valence-corrected chi connectivity index (χ3v) is 4.03. The van der Waals surface area contributed by atoms with Crippen LogP contribution in [0.3, 0.4) is 0 Å². The highest BCUT2D eigenvalue weighted by molar-refractivity contribution is 5.95. The average molecular weight is 334 g/mol. The van der Waals surface area contributed by atoms with E-state index in [2.05, 4.69) is 11.4 Å². The first kappa shape index (κ1) is 17.0. The molecule has 3 aromatic carbocycles. The maximum absolute atomic E-state index is 12.3. The van der Waals surface area contributed by atoms with E-state index >= 15 is 0 Å². The molecule has 0 saturated heterocycles. The second kappa shape index (κ2) is 7.81. The van der Waals surface area contributed by atoms with Crippen molar-refractivity contribution in [2.24, 2.45) is 0 Å². The van der Waals surface area contributed by atoms with E-state index in [1.165, 1.54) is 0 Å². The van der Waals surface area contributed by atoms with E-state index in [9.17, 15) is 4.79 Å². The fraction of sp³-hybridized carbons (Fsp3) is 0.190. The van der Waals surface area contributed by atoms with Gasteiger partial charge < -0.3 is 10.1 Å². The smallest absolute Gasteiger partial charge is 0.238 e. The lowest BCUT2D eigenvalue weighted by molar-refractivity contribution is -0.117. The van der Waals surface area contributed by atoms with Crippen LogP contribution in [-0.4, -0.2) is 31.5 Å². The molecule has 128 valence electrons. The molecule has 0 aliphatic heterocycles. The van der Waals surface area contributed by atoms with Gasteiger partial charge in [0.25, 0.3) is 0 Å². The van der Waals surface area contributed by atoms with Gasteiger partial charge in [-0.25, -0.2) is 0 Å². The molecule has 0 bridgehead atoms. The Bertz CT molecular complexity index is 876. The molecule has 0 saturated carbocycles. The lowest BCUT2D eigenvalue weighted by Crippen LogP contribution is -2.29. The molecule has 3 aromatic rings. The Morgan fingerprint density at radius 2 is 1.80 bits per heavy atom. The third-order valence-electron chi connectivity index (χ3n) is 4.03. The van der Waals surface area contributed by atoms with Crippen LogP contribution in [0.2, 0.25) is 0 Å². The summed E-state index contributed by atoms with van der Waals surface area (Å²) in [6, 6.07) is 21.9. The van der Waals surface area contributed by atoms with Gasteiger partial charge in [0.15, 0.2) is 0 Å². The first-order valence-electron chi connectivity index (χ1n) is 8.24. The second-order valence-corrected chi connectivity index (χ2v) is 6.13. The van der Waals surface area contributed by atoms with E-state index < -0.39 is 0 Å². The Kier molecular flexibility index (Phi) is 5.31. The zero-order valence-corrected chi connectivity index (χ0v) is 14.5. The Labute approximate surface area is 148 Å². The monoisotopic (exact) mass is 334 g/mol. The van der Waals surface area contributed by atoms with Crippen molar-refractivity contribution in [3.63, 3.8) is 0 Å². The number of nitrogens with zero attached hydrogens (tertiary/aromatic N) is 1. The normalized spacial score (nSPS) is 10.8. The van der Waals surface area contributed by atoms with Crippen molar-refractivity contribution in [3.8, 4) is 5.75 Å². The molecule has 0 aromatic heterocycles. The highest BCUT2D eigenvalue weighted by atomic mass is 16.5. The first-order chi connectivity index (χ1) is 12.1. The molecule has 0 aliphatic carbocycles. The fourth-order valence-electron chi connectivity index (χ4n) is 2.85. The average Bonchev–Trinajstić information content (AvgIpc) is 2.61. The van der Waals surface area contributed by atoms with Crippen LogP contribution < -0.4 is 10.1 Å². The number of hydrogen-bond acceptors (Lipinski definition) is 3. The van der Waals surface area contributed by atoms with Crippen LogP contribution in [0.5, 0.6) is 5.75 Å². The van der Waals surface area contributed by atoms with Gasteiger partial charge in [-0.05, 0) is 47.6 Å². The summed E-state index contributed by atoms with van der Waals surface area (Å²) < 4.78 is 5.23. The molecular formula is C21H22N2O2. The summed E-state index contributed by atoms with van der Waals surface area (Å²) in [4.78, 5) is 14.3. The van der Waals surface area contributed by atoms with E-state index in [1.807, 2.05) is 72.6 Å². The molecule has 4 nitrogen and oxygen atoms in total. The summed E-state index contributed by atoms with van der Waals surface area (Å²) in [5.41, 5.74) is 1.93. The van der Waals surface area contributed by atoms with Gasteiger partial charge in [-0.15, -0.1) is 0 Å². The van der Waals surface area contributed by atoms with Crippen molar-refractivity contribution in [2.45, 2.75) is 6.54 Å². The number of carbonyl (C=O) groups is 1. The van der Waals surface area contributed by atoms with E-state index in [-0.39, 0.29) is 5.91 Å². The largest absolute Gasteiger partial charge is 0.497 e. The van der Waals surface area contributed by atoms with Gasteiger partial charge in [0.2, 0.25) is 5.91 Å². The Hall–Kier alpha value is -2.85. The predicted molar refractivity (Wildman–Crippen MR) is 102 cm³/mol. The summed E-state index contributed by atoms with van der Waals surface area (Å²) in [6.45, 7) is 1.01. The lowest BCUT2D eigenvalue weighted by atomic mass is 10.1. The van der Waals surface area contributed by atoms with Crippen molar-refractivity contribution >= 4 is 22.4 Å². The first-order valence-corrected chi connectivity index (χ1v) is 8.24. The van der Waals surface area contributed by atoms with Crippen LogP contribution >= 0.6 is 0 Å². The van der Waals surface area contributed by atoms with E-state index in [1.54, 1.807) is 7.11 Å². The van der Waals surface area contributed by atoms with Crippen molar-refractivity contribution in [1.29, 1.82) is 0 Å². The number of hydrogen-bond donors (Lipinski definition) is 1. The number of likely N-dealkylation sites (N-methyl/N-ethyl adjacent to an activating group) is 1. The number of nitrogens with one attached hydrogen (secondary N) is 1. The number of amides is 1. The number of rotatable bonds is 6. The van der Waals surface area contributed by atoms with E-state index in [4.69, 9.17) is 4.74 Å². The van der Waals surface area contributed by atoms with Gasteiger partial charge >= 0.3 is 0 Å². The van der Waals surface area contributed by atoms with Gasteiger partial charge in [0, 0.05) is 12.2 Å². The second-order valence-electron chi connectivity index (χ2n) is 6.13. The predicted octanol–water partition coefficient (Wildman–Crippen LogP) is 3.92. The SMILES string of the molecule is COc1cccc(CN(C)CC(=O)Nc2ccc3ccccc3c2)c1. The van der Waals surface area contributed by atoms with E-state index in [0.717, 1.165) is 27.8 Å². The van der Waals surface area contributed by atoms with E-state index in [0.29, 0.717) is 13.1 Å². The summed E-state index contributed by atoms with van der Waals surface area (Å²) in [7, 11) is 3.58. The Balaban J connectivity index is 1.58. The molecule has 0 atom stereocenters. The summed E-state index contributed by atoms with van der Waals surface area (Å²) in [5, 5.41) is 5.25. The van der Waals surface area contributed by atoms with Gasteiger partial charge in [-0.3, -0.25) is 9.69 Å². The van der Waals surface area contributed by atoms with Gasteiger partial charge in [-0.1, -0.05) is 42.5 Å². The van der Waals surface area contributed by atoms with Crippen molar-refractivity contribution < 1.29 is 9.53 Å². The van der Waals surface area contributed by atoms with Crippen molar-refractivity contribution in [1.82, 2.24) is 4.90 Å². The molecule has 0 unspecified atom stereocenters. The van der Waals surface area contributed by atoms with Crippen LogP contribution in [0.15, 0.2) is 66.7 Å².